The van der Waals surface area contributed by atoms with E-state index in [1.54, 1.807) is 48.9 Å². The molecule has 6 aromatic heterocycles. The summed E-state index contributed by atoms with van der Waals surface area (Å²) in [5.41, 5.74) is -1.39. The molecule has 17 heteroatoms. The van der Waals surface area contributed by atoms with E-state index in [4.69, 9.17) is 4.98 Å². The van der Waals surface area contributed by atoms with Gasteiger partial charge in [0.15, 0.2) is 0 Å². The Hall–Kier alpha value is -6.13. The zero-order chi connectivity index (χ0) is 37.9. The van der Waals surface area contributed by atoms with Crippen molar-refractivity contribution in [2.24, 2.45) is 0 Å². The van der Waals surface area contributed by atoms with E-state index in [-0.39, 0.29) is 22.4 Å². The molecule has 1 amide bonds. The van der Waals surface area contributed by atoms with Crippen molar-refractivity contribution in [1.82, 2.24) is 40.0 Å². The lowest BCUT2D eigenvalue weighted by molar-refractivity contribution is -0.123. The monoisotopic (exact) mass is 750 g/mol. The number of alkyl halides is 6. The molecule has 0 unspecified atom stereocenters. The Bertz CT molecular complexity index is 2540. The van der Waals surface area contributed by atoms with Crippen molar-refractivity contribution >= 4 is 28.0 Å². The summed E-state index contributed by atoms with van der Waals surface area (Å²) in [6.07, 6.45) is -0.220. The number of nitrogens with zero attached hydrogens (tertiary/aromatic N) is 5. The number of pyridine rings is 3. The number of nitrogens with one attached hydrogen (secondary N) is 3. The van der Waals surface area contributed by atoms with Crippen LogP contribution in [0.1, 0.15) is 53.5 Å². The van der Waals surface area contributed by atoms with Gasteiger partial charge >= 0.3 is 0 Å². The van der Waals surface area contributed by atoms with Gasteiger partial charge in [-0.25, -0.2) is 41.3 Å². The predicted molar refractivity (Wildman–Crippen MR) is 180 cm³/mol. The standard InChI is InChI=1S/C37H26F8N8O/c38-23-9-18(10-24(39)14-23)11-27(50-28(54)17-53-32-29(31(52-53)33(40)41)36(42,43)5-6-37(32,44)45)30-25(21-12-19-3-7-46-34(19)48-15-21)1-2-26(51-30)22-13-20-4-8-47-35(20)49-16-22/h1-4,7-10,12-16,27,33H,5-6,11,17H2,(H,46,48)(H,47,49)(H,50,54)/t27-/m0/s1. The number of hydrogen-bond donors (Lipinski definition) is 3. The highest BCUT2D eigenvalue weighted by molar-refractivity contribution is 5.84. The number of aromatic amines is 2. The highest BCUT2D eigenvalue weighted by atomic mass is 19.3. The molecule has 0 bridgehead atoms. The van der Waals surface area contributed by atoms with Gasteiger partial charge in [-0.05, 0) is 54.4 Å². The van der Waals surface area contributed by atoms with Crippen molar-refractivity contribution < 1.29 is 39.9 Å². The second-order valence-corrected chi connectivity index (χ2v) is 13.0. The van der Waals surface area contributed by atoms with Crippen molar-refractivity contribution in [2.45, 2.75) is 50.1 Å². The lowest BCUT2D eigenvalue weighted by Gasteiger charge is -2.29. The Morgan fingerprint density at radius 1 is 0.815 bits per heavy atom. The Balaban J connectivity index is 1.25. The molecule has 8 rings (SSSR count). The van der Waals surface area contributed by atoms with Gasteiger partial charge in [-0.15, -0.1) is 0 Å². The molecular formula is C37H26F8N8O. The van der Waals surface area contributed by atoms with Crippen LogP contribution in [0, 0.1) is 11.6 Å². The number of hydrogen-bond acceptors (Lipinski definition) is 5. The summed E-state index contributed by atoms with van der Waals surface area (Å²) in [7, 11) is 0. The fourth-order valence-corrected chi connectivity index (χ4v) is 6.91. The molecule has 1 aliphatic rings. The second kappa shape index (κ2) is 13.1. The SMILES string of the molecule is O=C(Cn1nc(C(F)F)c2c1C(F)(F)CCC2(F)F)N[C@@H](Cc1cc(F)cc(F)c1)c1nc(-c2cnc3[nH]ccc3c2)ccc1-c1cnc2[nH]ccc2c1. The van der Waals surface area contributed by atoms with Crippen LogP contribution >= 0.6 is 0 Å². The molecule has 1 aliphatic carbocycles. The number of aromatic nitrogens is 7. The van der Waals surface area contributed by atoms with E-state index in [1.807, 2.05) is 6.07 Å². The third-order valence-corrected chi connectivity index (χ3v) is 9.30. The smallest absolute Gasteiger partial charge is 0.290 e. The van der Waals surface area contributed by atoms with Crippen molar-refractivity contribution in [2.75, 3.05) is 0 Å². The largest absolute Gasteiger partial charge is 0.346 e. The average Bonchev–Trinajstić information content (AvgIpc) is 3.88. The third-order valence-electron chi connectivity index (χ3n) is 9.30. The molecule has 0 radical (unpaired) electrons. The van der Waals surface area contributed by atoms with Crippen LogP contribution in [0.15, 0.2) is 79.4 Å². The molecular weight excluding hydrogens is 724 g/mol. The summed E-state index contributed by atoms with van der Waals surface area (Å²) in [6.45, 7) is -1.17. The second-order valence-electron chi connectivity index (χ2n) is 13.0. The molecule has 0 saturated carbocycles. The van der Waals surface area contributed by atoms with Gasteiger partial charge in [0.05, 0.1) is 23.0 Å². The van der Waals surface area contributed by atoms with E-state index in [0.717, 1.165) is 17.5 Å². The average molecular weight is 751 g/mol. The highest BCUT2D eigenvalue weighted by Gasteiger charge is 2.55. The molecule has 6 heterocycles. The maximum Gasteiger partial charge on any atom is 0.290 e. The van der Waals surface area contributed by atoms with E-state index in [0.29, 0.717) is 45.1 Å². The van der Waals surface area contributed by atoms with Gasteiger partial charge in [-0.3, -0.25) is 9.48 Å². The van der Waals surface area contributed by atoms with Crippen LogP contribution < -0.4 is 5.32 Å². The number of carbonyl (C=O) groups is 1. The fraction of sp³-hybridized carbons (Fsp3) is 0.216. The van der Waals surface area contributed by atoms with E-state index < -0.39 is 78.2 Å². The topological polar surface area (TPSA) is 117 Å². The van der Waals surface area contributed by atoms with Crippen molar-refractivity contribution in [3.8, 4) is 22.4 Å². The van der Waals surface area contributed by atoms with Crippen molar-refractivity contribution in [3.05, 3.63) is 119 Å². The van der Waals surface area contributed by atoms with Gasteiger partial charge in [0.1, 0.15) is 40.9 Å². The number of rotatable bonds is 9. The zero-order valence-corrected chi connectivity index (χ0v) is 27.7. The minimum atomic E-state index is -4.05. The zero-order valence-electron chi connectivity index (χ0n) is 27.7. The van der Waals surface area contributed by atoms with Crippen molar-refractivity contribution in [3.63, 3.8) is 0 Å². The third kappa shape index (κ3) is 6.43. The number of halogens is 8. The number of carbonyl (C=O) groups excluding carboxylic acids is 1. The van der Waals surface area contributed by atoms with Gasteiger partial charge in [0.2, 0.25) is 5.91 Å². The van der Waals surface area contributed by atoms with Crippen LogP contribution in [0.5, 0.6) is 0 Å². The van der Waals surface area contributed by atoms with Crippen LogP contribution in [-0.4, -0.2) is 40.6 Å². The van der Waals surface area contributed by atoms with E-state index >= 15 is 8.78 Å². The van der Waals surface area contributed by atoms with Gasteiger partial charge in [0, 0.05) is 71.2 Å². The Labute approximate surface area is 299 Å². The van der Waals surface area contributed by atoms with Crippen molar-refractivity contribution in [1.29, 1.82) is 0 Å². The minimum Gasteiger partial charge on any atom is -0.346 e. The van der Waals surface area contributed by atoms with Crippen LogP contribution in [0.2, 0.25) is 0 Å². The Morgan fingerprint density at radius 3 is 2.11 bits per heavy atom. The molecule has 1 aromatic carbocycles. The van der Waals surface area contributed by atoms with Crippen LogP contribution in [0.4, 0.5) is 35.1 Å². The predicted octanol–water partition coefficient (Wildman–Crippen LogP) is 8.66. The summed E-state index contributed by atoms with van der Waals surface area (Å²) in [6, 6.07) is 12.0. The van der Waals surface area contributed by atoms with Gasteiger partial charge in [-0.1, -0.05) is 6.07 Å². The first kappa shape index (κ1) is 34.9. The molecule has 0 spiro atoms. The molecule has 0 aliphatic heterocycles. The number of H-pyrrole nitrogens is 2. The molecule has 1 atom stereocenters. The van der Waals surface area contributed by atoms with Gasteiger partial charge in [-0.2, -0.15) is 13.9 Å². The van der Waals surface area contributed by atoms with Gasteiger partial charge < -0.3 is 15.3 Å². The molecule has 0 saturated heterocycles. The van der Waals surface area contributed by atoms with E-state index in [2.05, 4.69) is 30.4 Å². The maximum absolute atomic E-state index is 15.2. The first-order valence-electron chi connectivity index (χ1n) is 16.5. The van der Waals surface area contributed by atoms with E-state index in [9.17, 15) is 31.1 Å². The summed E-state index contributed by atoms with van der Waals surface area (Å²) >= 11 is 0. The van der Waals surface area contributed by atoms with Crippen LogP contribution in [0.3, 0.4) is 0 Å². The first-order valence-corrected chi connectivity index (χ1v) is 16.5. The number of benzene rings is 1. The van der Waals surface area contributed by atoms with Gasteiger partial charge in [0.25, 0.3) is 18.3 Å². The summed E-state index contributed by atoms with van der Waals surface area (Å²) in [5.74, 6) is -11.0. The summed E-state index contributed by atoms with van der Waals surface area (Å²) in [5, 5.41) is 7.49. The summed E-state index contributed by atoms with van der Waals surface area (Å²) < 4.78 is 117. The molecule has 3 N–H and O–H groups in total. The summed E-state index contributed by atoms with van der Waals surface area (Å²) in [4.78, 5) is 33.6. The molecule has 0 fully saturated rings. The normalized spacial score (nSPS) is 15.5. The molecule has 9 nitrogen and oxygen atoms in total. The molecule has 7 aromatic rings. The lowest BCUT2D eigenvalue weighted by atomic mass is 9.89. The van der Waals surface area contributed by atoms with Crippen LogP contribution in [0.25, 0.3) is 44.5 Å². The lowest BCUT2D eigenvalue weighted by Crippen LogP contribution is -2.37. The van der Waals surface area contributed by atoms with E-state index in [1.165, 1.54) is 6.20 Å². The van der Waals surface area contributed by atoms with Crippen LogP contribution in [-0.2, 0) is 29.6 Å². The number of amides is 1. The molecule has 276 valence electrons. The minimum absolute atomic E-state index is 0.0632. The molecule has 54 heavy (non-hydrogen) atoms. The quantitative estimate of drug-likeness (QED) is 0.128. The highest BCUT2D eigenvalue weighted by Crippen LogP contribution is 2.52. The fourth-order valence-electron chi connectivity index (χ4n) is 6.91. The Morgan fingerprint density at radius 2 is 1.44 bits per heavy atom. The Kier molecular flexibility index (Phi) is 8.45. The number of fused-ring (bicyclic) bond motifs is 3. The first-order chi connectivity index (χ1) is 25.8. The maximum atomic E-state index is 15.2.